The first-order valence-corrected chi connectivity index (χ1v) is 8.48. The van der Waals surface area contributed by atoms with Crippen LogP contribution in [-0.4, -0.2) is 58.0 Å². The molecule has 2 heterocycles. The predicted octanol–water partition coefficient (Wildman–Crippen LogP) is 1.32. The second kappa shape index (κ2) is 8.59. The number of anilines is 1. The van der Waals surface area contributed by atoms with E-state index in [1.165, 1.54) is 11.9 Å². The van der Waals surface area contributed by atoms with Crippen molar-refractivity contribution >= 4 is 11.7 Å². The molecule has 1 fully saturated rings. The highest BCUT2D eigenvalue weighted by atomic mass is 16.5. The summed E-state index contributed by atoms with van der Waals surface area (Å²) in [5.41, 5.74) is 2.00. The number of nitrogens with zero attached hydrogens (tertiary/aromatic N) is 4. The number of morpholine rings is 1. The molecule has 0 saturated carbocycles. The molecule has 25 heavy (non-hydrogen) atoms. The maximum atomic E-state index is 12.1. The number of rotatable bonds is 6. The van der Waals surface area contributed by atoms with Crippen molar-refractivity contribution in [2.24, 2.45) is 0 Å². The zero-order chi connectivity index (χ0) is 17.5. The molecule has 2 aromatic rings. The van der Waals surface area contributed by atoms with Crippen LogP contribution in [0.1, 0.15) is 12.5 Å². The maximum Gasteiger partial charge on any atom is 0.319 e. The molecule has 1 aromatic heterocycles. The first-order chi connectivity index (χ1) is 12.2. The quantitative estimate of drug-likeness (QED) is 0.826. The van der Waals surface area contributed by atoms with Gasteiger partial charge in [0.2, 0.25) is 0 Å². The minimum atomic E-state index is -0.228. The molecule has 0 bridgehead atoms. The molecule has 1 aliphatic rings. The average Bonchev–Trinajstić information content (AvgIpc) is 3.10. The molecule has 2 N–H and O–H groups in total. The van der Waals surface area contributed by atoms with Gasteiger partial charge in [-0.25, -0.2) is 9.78 Å². The lowest BCUT2D eigenvalue weighted by Crippen LogP contribution is -2.38. The number of benzene rings is 1. The van der Waals surface area contributed by atoms with Crippen LogP contribution in [0.25, 0.3) is 0 Å². The van der Waals surface area contributed by atoms with Crippen LogP contribution in [0.4, 0.5) is 10.5 Å². The molecule has 1 aromatic carbocycles. The van der Waals surface area contributed by atoms with Crippen LogP contribution < -0.4 is 10.6 Å². The lowest BCUT2D eigenvalue weighted by Gasteiger charge is -2.26. The van der Waals surface area contributed by atoms with E-state index in [9.17, 15) is 4.79 Å². The largest absolute Gasteiger partial charge is 0.379 e. The normalized spacial score (nSPS) is 16.4. The molecular formula is C17H24N6O2. The van der Waals surface area contributed by atoms with Gasteiger partial charge in [0.25, 0.3) is 0 Å². The van der Waals surface area contributed by atoms with Crippen LogP contribution in [0, 0.1) is 0 Å². The molecule has 8 nitrogen and oxygen atoms in total. The van der Waals surface area contributed by atoms with E-state index in [0.717, 1.165) is 38.5 Å². The molecule has 134 valence electrons. The minimum absolute atomic E-state index is 0.0534. The van der Waals surface area contributed by atoms with Gasteiger partial charge < -0.3 is 15.4 Å². The van der Waals surface area contributed by atoms with Crippen molar-refractivity contribution in [3.63, 3.8) is 0 Å². The molecule has 0 spiro atoms. The number of hydrogen-bond donors (Lipinski definition) is 2. The number of hydrogen-bond acceptors (Lipinski definition) is 5. The van der Waals surface area contributed by atoms with E-state index in [-0.39, 0.29) is 12.1 Å². The van der Waals surface area contributed by atoms with Crippen molar-refractivity contribution in [1.82, 2.24) is 25.0 Å². The van der Waals surface area contributed by atoms with Gasteiger partial charge in [0.15, 0.2) is 0 Å². The van der Waals surface area contributed by atoms with Crippen LogP contribution in [-0.2, 0) is 17.8 Å². The summed E-state index contributed by atoms with van der Waals surface area (Å²) in [5.74, 6) is 0. The van der Waals surface area contributed by atoms with Gasteiger partial charge in [-0.05, 0) is 24.6 Å². The van der Waals surface area contributed by atoms with Crippen LogP contribution in [0.2, 0.25) is 0 Å². The highest BCUT2D eigenvalue weighted by Gasteiger charge is 2.11. The van der Waals surface area contributed by atoms with Crippen molar-refractivity contribution in [2.75, 3.05) is 31.6 Å². The fraction of sp³-hybridized carbons (Fsp3) is 0.471. The lowest BCUT2D eigenvalue weighted by molar-refractivity contribution is 0.0342. The molecular weight excluding hydrogens is 320 g/mol. The molecule has 1 saturated heterocycles. The third-order valence-corrected chi connectivity index (χ3v) is 4.03. The molecule has 3 rings (SSSR count). The molecule has 0 aliphatic carbocycles. The van der Waals surface area contributed by atoms with Gasteiger partial charge in [-0.15, -0.1) is 0 Å². The fourth-order valence-electron chi connectivity index (χ4n) is 2.76. The average molecular weight is 344 g/mol. The number of carbonyl (C=O) groups excluding carboxylic acids is 1. The summed E-state index contributed by atoms with van der Waals surface area (Å²) < 4.78 is 7.05. The maximum absolute atomic E-state index is 12.1. The van der Waals surface area contributed by atoms with Gasteiger partial charge in [-0.2, -0.15) is 5.10 Å². The van der Waals surface area contributed by atoms with Crippen LogP contribution in [0.15, 0.2) is 36.9 Å². The SMILES string of the molecule is CC(Cn1cncn1)NC(=O)Nc1ccc(CN2CCOCC2)cc1. The van der Waals surface area contributed by atoms with Gasteiger partial charge in [0.05, 0.1) is 19.8 Å². The first kappa shape index (κ1) is 17.4. The number of nitrogens with one attached hydrogen (secondary N) is 2. The summed E-state index contributed by atoms with van der Waals surface area (Å²) in [6, 6.07) is 7.67. The highest BCUT2D eigenvalue weighted by molar-refractivity contribution is 5.89. The van der Waals surface area contributed by atoms with Gasteiger partial charge in [0, 0.05) is 31.4 Å². The monoisotopic (exact) mass is 344 g/mol. The molecule has 2 amide bonds. The Morgan fingerprint density at radius 3 is 2.72 bits per heavy atom. The second-order valence-corrected chi connectivity index (χ2v) is 6.20. The highest BCUT2D eigenvalue weighted by Crippen LogP contribution is 2.12. The molecule has 1 aliphatic heterocycles. The van der Waals surface area contributed by atoms with Gasteiger partial charge in [-0.3, -0.25) is 9.58 Å². The van der Waals surface area contributed by atoms with E-state index in [2.05, 4.69) is 25.6 Å². The number of urea groups is 1. The minimum Gasteiger partial charge on any atom is -0.379 e. The number of carbonyl (C=O) groups is 1. The standard InChI is InChI=1S/C17H24N6O2/c1-14(10-23-13-18-12-19-23)20-17(24)21-16-4-2-15(3-5-16)11-22-6-8-25-9-7-22/h2-5,12-14H,6-11H2,1H3,(H2,20,21,24). The molecule has 1 atom stereocenters. The Balaban J connectivity index is 1.44. The summed E-state index contributed by atoms with van der Waals surface area (Å²) in [7, 11) is 0. The van der Waals surface area contributed by atoms with E-state index in [1.54, 1.807) is 11.0 Å². The van der Waals surface area contributed by atoms with Crippen LogP contribution in [0.5, 0.6) is 0 Å². The predicted molar refractivity (Wildman–Crippen MR) is 94.2 cm³/mol. The Labute approximate surface area is 147 Å². The van der Waals surface area contributed by atoms with Gasteiger partial charge in [-0.1, -0.05) is 12.1 Å². The zero-order valence-electron chi connectivity index (χ0n) is 14.4. The first-order valence-electron chi connectivity index (χ1n) is 8.48. The lowest BCUT2D eigenvalue weighted by atomic mass is 10.2. The van der Waals surface area contributed by atoms with E-state index in [4.69, 9.17) is 4.74 Å². The molecule has 1 unspecified atom stereocenters. The van der Waals surface area contributed by atoms with E-state index in [0.29, 0.717) is 6.54 Å². The van der Waals surface area contributed by atoms with Crippen molar-refractivity contribution < 1.29 is 9.53 Å². The number of ether oxygens (including phenoxy) is 1. The zero-order valence-corrected chi connectivity index (χ0v) is 14.4. The fourth-order valence-corrected chi connectivity index (χ4v) is 2.76. The number of aromatic nitrogens is 3. The van der Waals surface area contributed by atoms with Crippen molar-refractivity contribution in [2.45, 2.75) is 26.1 Å². The van der Waals surface area contributed by atoms with Crippen molar-refractivity contribution in [3.05, 3.63) is 42.5 Å². The summed E-state index contributed by atoms with van der Waals surface area (Å²) in [4.78, 5) is 18.3. The summed E-state index contributed by atoms with van der Waals surface area (Å²) in [6.07, 6.45) is 3.11. The topological polar surface area (TPSA) is 84.3 Å². The summed E-state index contributed by atoms with van der Waals surface area (Å²) in [5, 5.41) is 9.77. The summed E-state index contributed by atoms with van der Waals surface area (Å²) >= 11 is 0. The van der Waals surface area contributed by atoms with Crippen LogP contribution >= 0.6 is 0 Å². The van der Waals surface area contributed by atoms with Crippen LogP contribution in [0.3, 0.4) is 0 Å². The Bertz CT molecular complexity index is 652. The Morgan fingerprint density at radius 1 is 1.28 bits per heavy atom. The van der Waals surface area contributed by atoms with Crippen molar-refractivity contribution in [3.8, 4) is 0 Å². The summed E-state index contributed by atoms with van der Waals surface area (Å²) in [6.45, 7) is 6.93. The smallest absolute Gasteiger partial charge is 0.319 e. The van der Waals surface area contributed by atoms with E-state index < -0.39 is 0 Å². The van der Waals surface area contributed by atoms with Gasteiger partial charge >= 0.3 is 6.03 Å². The van der Waals surface area contributed by atoms with Crippen molar-refractivity contribution in [1.29, 1.82) is 0 Å². The second-order valence-electron chi connectivity index (χ2n) is 6.20. The Morgan fingerprint density at radius 2 is 2.04 bits per heavy atom. The molecule has 8 heteroatoms. The van der Waals surface area contributed by atoms with E-state index >= 15 is 0 Å². The van der Waals surface area contributed by atoms with E-state index in [1.807, 2.05) is 31.2 Å². The molecule has 0 radical (unpaired) electrons. The Hall–Kier alpha value is -2.45. The van der Waals surface area contributed by atoms with Gasteiger partial charge in [0.1, 0.15) is 12.7 Å². The third kappa shape index (κ3) is 5.54. The third-order valence-electron chi connectivity index (χ3n) is 4.03. The Kier molecular flexibility index (Phi) is 5.97. The number of amides is 2.